The molecule has 1 aliphatic heterocycles. The summed E-state index contributed by atoms with van der Waals surface area (Å²) in [4.78, 5) is 14.9. The van der Waals surface area contributed by atoms with E-state index in [0.717, 1.165) is 54.3 Å². The fourth-order valence-electron chi connectivity index (χ4n) is 3.78. The minimum atomic E-state index is -0.257. The number of ether oxygens (including phenoxy) is 1. The van der Waals surface area contributed by atoms with E-state index in [4.69, 9.17) is 4.74 Å². The highest BCUT2D eigenvalue weighted by Crippen LogP contribution is 2.25. The Morgan fingerprint density at radius 1 is 1.17 bits per heavy atom. The molecule has 0 bridgehead atoms. The van der Waals surface area contributed by atoms with Gasteiger partial charge in [-0.25, -0.2) is 4.39 Å². The van der Waals surface area contributed by atoms with Crippen molar-refractivity contribution >= 4 is 11.7 Å². The van der Waals surface area contributed by atoms with Gasteiger partial charge < -0.3 is 15.0 Å². The van der Waals surface area contributed by atoms with Crippen molar-refractivity contribution in [3.05, 3.63) is 65.5 Å². The summed E-state index contributed by atoms with van der Waals surface area (Å²) in [5.74, 6) is 1.31. The lowest BCUT2D eigenvalue weighted by molar-refractivity contribution is 0.0930. The van der Waals surface area contributed by atoms with Crippen molar-refractivity contribution in [1.29, 1.82) is 0 Å². The molecule has 2 heterocycles. The van der Waals surface area contributed by atoms with E-state index in [1.807, 2.05) is 19.1 Å². The number of aromatic nitrogens is 2. The first kappa shape index (κ1) is 19.9. The molecule has 1 aliphatic rings. The normalized spacial score (nSPS) is 14.6. The Hall–Kier alpha value is -3.35. The zero-order valence-corrected chi connectivity index (χ0v) is 17.1. The van der Waals surface area contributed by atoms with Crippen LogP contribution in [0.4, 0.5) is 10.2 Å². The molecule has 6 nitrogen and oxygen atoms in total. The molecular weight excluding hydrogens is 383 g/mol. The SMILES string of the molecule is COc1ccc(C(=O)NC2CCN(c3cc(-c4ccc(F)cc4)[nH]n3)CC2)c(C)c1. The standard InChI is InChI=1S/C23H25FN4O2/c1-15-13-19(30-2)7-8-20(15)23(29)25-18-9-11-28(12-10-18)22-14-21(26-27-22)16-3-5-17(24)6-4-16/h3-8,13-14,18H,9-12H2,1-2H3,(H,25,29)(H,26,27). The van der Waals surface area contributed by atoms with E-state index in [1.54, 1.807) is 31.4 Å². The number of carbonyl (C=O) groups excluding carboxylic acids is 1. The molecule has 0 radical (unpaired) electrons. The van der Waals surface area contributed by atoms with Gasteiger partial charge in [-0.05, 0) is 73.4 Å². The fraction of sp³-hybridized carbons (Fsp3) is 0.304. The van der Waals surface area contributed by atoms with Crippen LogP contribution < -0.4 is 15.0 Å². The van der Waals surface area contributed by atoms with E-state index in [0.29, 0.717) is 5.56 Å². The maximum atomic E-state index is 13.1. The minimum Gasteiger partial charge on any atom is -0.497 e. The Kier molecular flexibility index (Phi) is 5.70. The van der Waals surface area contributed by atoms with Gasteiger partial charge in [0.2, 0.25) is 0 Å². The third-order valence-electron chi connectivity index (χ3n) is 5.55. The molecule has 1 aromatic heterocycles. The molecule has 30 heavy (non-hydrogen) atoms. The topological polar surface area (TPSA) is 70.2 Å². The number of nitrogens with zero attached hydrogens (tertiary/aromatic N) is 2. The Bertz CT molecular complexity index is 1020. The van der Waals surface area contributed by atoms with Gasteiger partial charge in [0.15, 0.2) is 5.82 Å². The van der Waals surface area contributed by atoms with Crippen LogP contribution in [0.2, 0.25) is 0 Å². The van der Waals surface area contributed by atoms with E-state index in [2.05, 4.69) is 20.4 Å². The molecule has 0 saturated carbocycles. The number of halogens is 1. The van der Waals surface area contributed by atoms with E-state index >= 15 is 0 Å². The minimum absolute atomic E-state index is 0.0491. The number of aromatic amines is 1. The first-order chi connectivity index (χ1) is 14.5. The van der Waals surface area contributed by atoms with Crippen LogP contribution >= 0.6 is 0 Å². The van der Waals surface area contributed by atoms with Gasteiger partial charge in [-0.3, -0.25) is 9.89 Å². The number of rotatable bonds is 5. The van der Waals surface area contributed by atoms with Crippen molar-refractivity contribution in [2.75, 3.05) is 25.1 Å². The van der Waals surface area contributed by atoms with Crippen LogP contribution in [0.25, 0.3) is 11.3 Å². The maximum Gasteiger partial charge on any atom is 0.251 e. The molecule has 4 rings (SSSR count). The van der Waals surface area contributed by atoms with Gasteiger partial charge in [0.05, 0.1) is 12.8 Å². The Balaban J connectivity index is 1.34. The number of hydrogen-bond acceptors (Lipinski definition) is 4. The second-order valence-electron chi connectivity index (χ2n) is 7.56. The van der Waals surface area contributed by atoms with E-state index < -0.39 is 0 Å². The lowest BCUT2D eigenvalue weighted by Crippen LogP contribution is -2.45. The summed E-state index contributed by atoms with van der Waals surface area (Å²) >= 11 is 0. The summed E-state index contributed by atoms with van der Waals surface area (Å²) in [7, 11) is 1.62. The first-order valence-corrected chi connectivity index (χ1v) is 10.1. The van der Waals surface area contributed by atoms with Crippen molar-refractivity contribution in [2.24, 2.45) is 0 Å². The number of benzene rings is 2. The predicted molar refractivity (Wildman–Crippen MR) is 114 cm³/mol. The van der Waals surface area contributed by atoms with Gasteiger partial charge in [-0.1, -0.05) is 0 Å². The third kappa shape index (κ3) is 4.30. The molecule has 7 heteroatoms. The molecule has 3 aromatic rings. The Morgan fingerprint density at radius 2 is 1.90 bits per heavy atom. The van der Waals surface area contributed by atoms with Gasteiger partial charge in [0.25, 0.3) is 5.91 Å². The fourth-order valence-corrected chi connectivity index (χ4v) is 3.78. The van der Waals surface area contributed by atoms with Crippen LogP contribution in [-0.2, 0) is 0 Å². The summed E-state index contributed by atoms with van der Waals surface area (Å²) in [5.41, 5.74) is 3.33. The average molecular weight is 408 g/mol. The number of amides is 1. The molecule has 1 amide bonds. The molecule has 156 valence electrons. The third-order valence-corrected chi connectivity index (χ3v) is 5.55. The Morgan fingerprint density at radius 3 is 2.57 bits per heavy atom. The number of aryl methyl sites for hydroxylation is 1. The number of hydrogen-bond donors (Lipinski definition) is 2. The van der Waals surface area contributed by atoms with Crippen LogP contribution in [0.5, 0.6) is 5.75 Å². The van der Waals surface area contributed by atoms with E-state index in [9.17, 15) is 9.18 Å². The largest absolute Gasteiger partial charge is 0.497 e. The second-order valence-corrected chi connectivity index (χ2v) is 7.56. The number of methoxy groups -OCH3 is 1. The predicted octanol–water partition coefficient (Wildman–Crippen LogP) is 3.93. The van der Waals surface area contributed by atoms with Crippen LogP contribution in [-0.4, -0.2) is 42.3 Å². The number of anilines is 1. The highest BCUT2D eigenvalue weighted by molar-refractivity contribution is 5.96. The highest BCUT2D eigenvalue weighted by Gasteiger charge is 2.23. The van der Waals surface area contributed by atoms with Crippen molar-refractivity contribution in [2.45, 2.75) is 25.8 Å². The van der Waals surface area contributed by atoms with Crippen molar-refractivity contribution < 1.29 is 13.9 Å². The molecule has 0 spiro atoms. The molecule has 0 atom stereocenters. The average Bonchev–Trinajstić information content (AvgIpc) is 3.25. The number of carbonyl (C=O) groups is 1. The second kappa shape index (κ2) is 8.57. The number of nitrogens with one attached hydrogen (secondary N) is 2. The summed E-state index contributed by atoms with van der Waals surface area (Å²) in [6.45, 7) is 3.52. The molecule has 0 aliphatic carbocycles. The Labute approximate surface area is 175 Å². The van der Waals surface area contributed by atoms with E-state index in [-0.39, 0.29) is 17.8 Å². The van der Waals surface area contributed by atoms with Crippen molar-refractivity contribution in [3.63, 3.8) is 0 Å². The van der Waals surface area contributed by atoms with Gasteiger partial charge in [-0.15, -0.1) is 0 Å². The van der Waals surface area contributed by atoms with Crippen LogP contribution in [0.3, 0.4) is 0 Å². The first-order valence-electron chi connectivity index (χ1n) is 10.1. The van der Waals surface area contributed by atoms with Crippen molar-refractivity contribution in [3.8, 4) is 17.0 Å². The van der Waals surface area contributed by atoms with Gasteiger partial charge in [0.1, 0.15) is 11.6 Å². The van der Waals surface area contributed by atoms with Crippen LogP contribution in [0, 0.1) is 12.7 Å². The summed E-state index contributed by atoms with van der Waals surface area (Å²) in [6, 6.07) is 13.9. The van der Waals surface area contributed by atoms with Crippen LogP contribution in [0.15, 0.2) is 48.5 Å². The van der Waals surface area contributed by atoms with Gasteiger partial charge in [0, 0.05) is 30.8 Å². The number of H-pyrrole nitrogens is 1. The number of piperidine rings is 1. The van der Waals surface area contributed by atoms with E-state index in [1.165, 1.54) is 12.1 Å². The maximum absolute atomic E-state index is 13.1. The van der Waals surface area contributed by atoms with Crippen LogP contribution in [0.1, 0.15) is 28.8 Å². The summed E-state index contributed by atoms with van der Waals surface area (Å²) in [5, 5.41) is 10.6. The summed E-state index contributed by atoms with van der Waals surface area (Å²) < 4.78 is 18.3. The smallest absolute Gasteiger partial charge is 0.251 e. The molecular formula is C23H25FN4O2. The quantitative estimate of drug-likeness (QED) is 0.671. The zero-order chi connectivity index (χ0) is 21.1. The van der Waals surface area contributed by atoms with Gasteiger partial charge >= 0.3 is 0 Å². The molecule has 2 aromatic carbocycles. The van der Waals surface area contributed by atoms with Gasteiger partial charge in [-0.2, -0.15) is 5.10 Å². The highest BCUT2D eigenvalue weighted by atomic mass is 19.1. The van der Waals surface area contributed by atoms with Crippen molar-refractivity contribution in [1.82, 2.24) is 15.5 Å². The molecule has 1 fully saturated rings. The molecule has 0 unspecified atom stereocenters. The lowest BCUT2D eigenvalue weighted by atomic mass is 10.0. The monoisotopic (exact) mass is 408 g/mol. The zero-order valence-electron chi connectivity index (χ0n) is 17.1. The molecule has 2 N–H and O–H groups in total. The molecule has 1 saturated heterocycles. The summed E-state index contributed by atoms with van der Waals surface area (Å²) in [6.07, 6.45) is 1.69. The lowest BCUT2D eigenvalue weighted by Gasteiger charge is -2.32.